The van der Waals surface area contributed by atoms with Gasteiger partial charge in [0.2, 0.25) is 0 Å². The van der Waals surface area contributed by atoms with E-state index in [1.165, 1.54) is 32.1 Å². The Hall–Kier alpha value is -1.55. The van der Waals surface area contributed by atoms with Crippen LogP contribution < -0.4 is 4.74 Å². The Morgan fingerprint density at radius 3 is 2.60 bits per heavy atom. The summed E-state index contributed by atoms with van der Waals surface area (Å²) >= 11 is 0. The van der Waals surface area contributed by atoms with Gasteiger partial charge in [0.15, 0.2) is 0 Å². The minimum atomic E-state index is -0.417. The summed E-state index contributed by atoms with van der Waals surface area (Å²) in [4.78, 5) is 15.0. The second-order valence-corrected chi connectivity index (χ2v) is 7.99. The van der Waals surface area contributed by atoms with Gasteiger partial charge in [-0.15, -0.1) is 0 Å². The topological polar surface area (TPSA) is 49.8 Å². The summed E-state index contributed by atoms with van der Waals surface area (Å²) in [5.74, 6) is 1.43. The molecule has 1 N–H and O–H groups in total. The minimum Gasteiger partial charge on any atom is -0.487 e. The van der Waals surface area contributed by atoms with Crippen LogP contribution in [0.3, 0.4) is 0 Å². The molecule has 1 aromatic carbocycles. The average molecular weight is 343 g/mol. The van der Waals surface area contributed by atoms with Crippen molar-refractivity contribution in [3.05, 3.63) is 29.3 Å². The fraction of sp³-hybridized carbons (Fsp3) is 0.667. The summed E-state index contributed by atoms with van der Waals surface area (Å²) in [6.07, 6.45) is 9.63. The molecule has 0 radical (unpaired) electrons. The van der Waals surface area contributed by atoms with Gasteiger partial charge in [-0.3, -0.25) is 4.79 Å². The number of fused-ring (bicyclic) bond motifs is 1. The number of benzene rings is 1. The van der Waals surface area contributed by atoms with Crippen LogP contribution in [0, 0.1) is 5.92 Å². The van der Waals surface area contributed by atoms with Crippen molar-refractivity contribution in [2.75, 3.05) is 6.54 Å². The number of carbonyl (C=O) groups is 1. The Morgan fingerprint density at radius 2 is 1.80 bits per heavy atom. The van der Waals surface area contributed by atoms with E-state index in [1.54, 1.807) is 0 Å². The van der Waals surface area contributed by atoms with E-state index in [2.05, 4.69) is 0 Å². The van der Waals surface area contributed by atoms with Gasteiger partial charge in [-0.25, -0.2) is 0 Å². The molecule has 1 aromatic rings. The van der Waals surface area contributed by atoms with E-state index >= 15 is 0 Å². The van der Waals surface area contributed by atoms with Gasteiger partial charge < -0.3 is 14.7 Å². The molecular weight excluding hydrogens is 314 g/mol. The fourth-order valence-electron chi connectivity index (χ4n) is 4.69. The molecule has 0 spiro atoms. The lowest BCUT2D eigenvalue weighted by atomic mass is 9.89. The SMILES string of the molecule is O=C1c2c(cccc2O[C@@H]2CCCC[C@H]2O)CN1CC1CCCCC1. The van der Waals surface area contributed by atoms with E-state index in [4.69, 9.17) is 4.74 Å². The first-order valence-electron chi connectivity index (χ1n) is 9.98. The zero-order valence-electron chi connectivity index (χ0n) is 15.0. The summed E-state index contributed by atoms with van der Waals surface area (Å²) in [5, 5.41) is 10.2. The molecule has 2 atom stereocenters. The number of ether oxygens (including phenoxy) is 1. The van der Waals surface area contributed by atoms with Gasteiger partial charge in [0.25, 0.3) is 5.91 Å². The molecule has 4 nitrogen and oxygen atoms in total. The van der Waals surface area contributed by atoms with Gasteiger partial charge >= 0.3 is 0 Å². The second kappa shape index (κ2) is 7.36. The number of nitrogens with zero attached hydrogens (tertiary/aromatic N) is 1. The molecule has 0 aromatic heterocycles. The van der Waals surface area contributed by atoms with E-state index in [0.29, 0.717) is 18.2 Å². The Kier molecular flexibility index (Phi) is 4.98. The Labute approximate surface area is 150 Å². The van der Waals surface area contributed by atoms with Crippen LogP contribution in [0.25, 0.3) is 0 Å². The third-order valence-electron chi connectivity index (χ3n) is 6.12. The smallest absolute Gasteiger partial charge is 0.258 e. The van der Waals surface area contributed by atoms with Gasteiger partial charge in [0.05, 0.1) is 11.7 Å². The van der Waals surface area contributed by atoms with Crippen LogP contribution in [0.2, 0.25) is 0 Å². The first kappa shape index (κ1) is 16.9. The van der Waals surface area contributed by atoms with Crippen molar-refractivity contribution >= 4 is 5.91 Å². The molecule has 1 aliphatic heterocycles. The van der Waals surface area contributed by atoms with E-state index in [0.717, 1.165) is 43.4 Å². The largest absolute Gasteiger partial charge is 0.487 e. The van der Waals surface area contributed by atoms with Crippen LogP contribution in [0.5, 0.6) is 5.75 Å². The number of rotatable bonds is 4. The molecule has 2 saturated carbocycles. The highest BCUT2D eigenvalue weighted by Gasteiger charge is 2.34. The molecule has 2 aliphatic carbocycles. The lowest BCUT2D eigenvalue weighted by molar-refractivity contribution is 0.00635. The van der Waals surface area contributed by atoms with Crippen molar-refractivity contribution in [3.63, 3.8) is 0 Å². The molecule has 4 heteroatoms. The van der Waals surface area contributed by atoms with Crippen LogP contribution in [0.15, 0.2) is 18.2 Å². The molecule has 1 heterocycles. The van der Waals surface area contributed by atoms with Gasteiger partial charge in [-0.1, -0.05) is 37.8 Å². The van der Waals surface area contributed by atoms with E-state index in [1.807, 2.05) is 23.1 Å². The predicted molar refractivity (Wildman–Crippen MR) is 96.6 cm³/mol. The number of hydrogen-bond acceptors (Lipinski definition) is 3. The molecule has 0 bridgehead atoms. The van der Waals surface area contributed by atoms with Crippen LogP contribution in [0.1, 0.15) is 73.7 Å². The summed E-state index contributed by atoms with van der Waals surface area (Å²) < 4.78 is 6.12. The number of hydrogen-bond donors (Lipinski definition) is 1. The maximum absolute atomic E-state index is 13.0. The zero-order valence-corrected chi connectivity index (χ0v) is 15.0. The highest BCUT2D eigenvalue weighted by Crippen LogP contribution is 2.35. The number of amides is 1. The normalized spacial score (nSPS) is 27.4. The summed E-state index contributed by atoms with van der Waals surface area (Å²) in [6.45, 7) is 1.58. The summed E-state index contributed by atoms with van der Waals surface area (Å²) in [5.41, 5.74) is 1.81. The van der Waals surface area contributed by atoms with Crippen molar-refractivity contribution in [2.24, 2.45) is 5.92 Å². The molecule has 4 rings (SSSR count). The Bertz CT molecular complexity index is 624. The van der Waals surface area contributed by atoms with E-state index in [-0.39, 0.29) is 12.0 Å². The number of aliphatic hydroxyl groups is 1. The molecule has 136 valence electrons. The zero-order chi connectivity index (χ0) is 17.2. The Morgan fingerprint density at radius 1 is 1.04 bits per heavy atom. The van der Waals surface area contributed by atoms with Crippen molar-refractivity contribution in [1.82, 2.24) is 4.90 Å². The summed E-state index contributed by atoms with van der Waals surface area (Å²) in [6, 6.07) is 5.90. The molecular formula is C21H29NO3. The van der Waals surface area contributed by atoms with Gasteiger partial charge in [-0.2, -0.15) is 0 Å². The Balaban J connectivity index is 1.48. The third-order valence-corrected chi connectivity index (χ3v) is 6.12. The second-order valence-electron chi connectivity index (χ2n) is 7.99. The molecule has 3 aliphatic rings. The minimum absolute atomic E-state index is 0.112. The monoisotopic (exact) mass is 343 g/mol. The third kappa shape index (κ3) is 3.55. The number of carbonyl (C=O) groups excluding carboxylic acids is 1. The van der Waals surface area contributed by atoms with Crippen molar-refractivity contribution in [2.45, 2.75) is 76.5 Å². The average Bonchev–Trinajstić information content (AvgIpc) is 2.95. The van der Waals surface area contributed by atoms with Crippen LogP contribution in [0.4, 0.5) is 0 Å². The van der Waals surface area contributed by atoms with Crippen LogP contribution in [-0.2, 0) is 6.54 Å². The lowest BCUT2D eigenvalue weighted by Crippen LogP contribution is -2.35. The van der Waals surface area contributed by atoms with E-state index < -0.39 is 6.10 Å². The van der Waals surface area contributed by atoms with Gasteiger partial charge in [0.1, 0.15) is 11.9 Å². The van der Waals surface area contributed by atoms with Crippen LogP contribution >= 0.6 is 0 Å². The maximum Gasteiger partial charge on any atom is 0.258 e. The first-order valence-corrected chi connectivity index (χ1v) is 9.98. The molecule has 1 amide bonds. The highest BCUT2D eigenvalue weighted by atomic mass is 16.5. The molecule has 0 unspecified atom stereocenters. The quantitative estimate of drug-likeness (QED) is 0.902. The van der Waals surface area contributed by atoms with Gasteiger partial charge in [0, 0.05) is 13.1 Å². The standard InChI is InChI=1S/C21H29NO3/c23-17-10-4-5-11-18(17)25-19-12-6-9-16-14-22(21(24)20(16)19)13-15-7-2-1-3-8-15/h6,9,12,15,17-18,23H,1-5,7-8,10-11,13-14H2/t17-,18-/m1/s1. The van der Waals surface area contributed by atoms with Crippen molar-refractivity contribution in [3.8, 4) is 5.75 Å². The van der Waals surface area contributed by atoms with Gasteiger partial charge in [-0.05, 0) is 49.7 Å². The van der Waals surface area contributed by atoms with Crippen molar-refractivity contribution in [1.29, 1.82) is 0 Å². The molecule has 25 heavy (non-hydrogen) atoms. The number of aliphatic hydroxyl groups excluding tert-OH is 1. The molecule has 2 fully saturated rings. The summed E-state index contributed by atoms with van der Waals surface area (Å²) in [7, 11) is 0. The van der Waals surface area contributed by atoms with Crippen molar-refractivity contribution < 1.29 is 14.6 Å². The van der Waals surface area contributed by atoms with E-state index in [9.17, 15) is 9.90 Å². The predicted octanol–water partition coefficient (Wildman–Crippen LogP) is 3.91. The van der Waals surface area contributed by atoms with Crippen LogP contribution in [-0.4, -0.2) is 34.7 Å². The highest BCUT2D eigenvalue weighted by molar-refractivity contribution is 6.01. The fourth-order valence-corrected chi connectivity index (χ4v) is 4.69. The molecule has 0 saturated heterocycles. The maximum atomic E-state index is 13.0. The first-order chi connectivity index (χ1) is 12.2. The lowest BCUT2D eigenvalue weighted by Gasteiger charge is -2.29.